The molecule has 2 nitrogen and oxygen atoms in total. The molecule has 2 aliphatic carbocycles. The molecule has 0 heterocycles. The molecule has 0 amide bonds. The van der Waals surface area contributed by atoms with Crippen LogP contribution in [0.15, 0.2) is 0 Å². The first kappa shape index (κ1) is 9.88. The maximum Gasteiger partial charge on any atom is 0.140 e. The summed E-state index contributed by atoms with van der Waals surface area (Å²) in [5.74, 6) is 1.09. The van der Waals surface area contributed by atoms with Crippen molar-refractivity contribution in [3.8, 4) is 0 Å². The summed E-state index contributed by atoms with van der Waals surface area (Å²) in [7, 11) is 0. The molecule has 3 atom stereocenters. The first-order chi connectivity index (χ1) is 6.42. The second-order valence-corrected chi connectivity index (χ2v) is 5.42. The molecule has 2 fully saturated rings. The second kappa shape index (κ2) is 2.68. The van der Waals surface area contributed by atoms with Crippen LogP contribution in [0, 0.1) is 16.7 Å². The average Bonchev–Trinajstić information content (AvgIpc) is 2.26. The van der Waals surface area contributed by atoms with Gasteiger partial charge in [0.25, 0.3) is 0 Å². The highest BCUT2D eigenvalue weighted by molar-refractivity contribution is 5.97. The Balaban J connectivity index is 2.32. The van der Waals surface area contributed by atoms with E-state index in [-0.39, 0.29) is 16.6 Å². The van der Waals surface area contributed by atoms with Gasteiger partial charge in [0.1, 0.15) is 11.6 Å². The van der Waals surface area contributed by atoms with E-state index in [1.807, 2.05) is 0 Å². The minimum Gasteiger partial charge on any atom is -0.300 e. The summed E-state index contributed by atoms with van der Waals surface area (Å²) >= 11 is 0. The number of carbonyl (C=O) groups is 2. The third kappa shape index (κ3) is 0.918. The van der Waals surface area contributed by atoms with E-state index in [1.165, 1.54) is 0 Å². The third-order valence-corrected chi connectivity index (χ3v) is 4.80. The van der Waals surface area contributed by atoms with Crippen molar-refractivity contribution in [3.05, 3.63) is 0 Å². The van der Waals surface area contributed by atoms with Gasteiger partial charge in [-0.3, -0.25) is 9.59 Å². The number of hydrogen-bond acceptors (Lipinski definition) is 2. The molecule has 0 spiro atoms. The Morgan fingerprint density at radius 1 is 1.57 bits per heavy atom. The molecule has 0 aromatic rings. The summed E-state index contributed by atoms with van der Waals surface area (Å²) < 4.78 is 0. The standard InChI is InChI=1S/C12H18O2/c1-8-4-5-12(6-9(2)13)10(14)7-11(8,12)3/h8H,4-7H2,1-3H3/t8?,11-,12+/m0/s1. The topological polar surface area (TPSA) is 34.1 Å². The highest BCUT2D eigenvalue weighted by atomic mass is 16.1. The lowest BCUT2D eigenvalue weighted by molar-refractivity contribution is -0.161. The van der Waals surface area contributed by atoms with Crippen LogP contribution >= 0.6 is 0 Å². The summed E-state index contributed by atoms with van der Waals surface area (Å²) in [6, 6.07) is 0. The minimum absolute atomic E-state index is 0.121. The molecular weight excluding hydrogens is 176 g/mol. The fraction of sp³-hybridized carbons (Fsp3) is 0.833. The molecule has 2 aliphatic rings. The van der Waals surface area contributed by atoms with E-state index in [9.17, 15) is 9.59 Å². The molecule has 0 aliphatic heterocycles. The maximum absolute atomic E-state index is 11.8. The van der Waals surface area contributed by atoms with Gasteiger partial charge in [0.05, 0.1) is 0 Å². The highest BCUT2D eigenvalue weighted by Gasteiger charge is 2.67. The van der Waals surface area contributed by atoms with Crippen molar-refractivity contribution >= 4 is 11.6 Å². The number of ketones is 2. The normalized spacial score (nSPS) is 45.9. The Labute approximate surface area is 85.1 Å². The zero-order chi connectivity index (χ0) is 10.6. The fourth-order valence-electron chi connectivity index (χ4n) is 3.55. The van der Waals surface area contributed by atoms with E-state index >= 15 is 0 Å². The van der Waals surface area contributed by atoms with Gasteiger partial charge in [0.15, 0.2) is 0 Å². The molecule has 2 saturated carbocycles. The predicted molar refractivity (Wildman–Crippen MR) is 53.9 cm³/mol. The van der Waals surface area contributed by atoms with Crippen LogP contribution in [0.25, 0.3) is 0 Å². The summed E-state index contributed by atoms with van der Waals surface area (Å²) in [5.41, 5.74) is -0.145. The lowest BCUT2D eigenvalue weighted by Gasteiger charge is -2.53. The number of carbonyl (C=O) groups excluding carboxylic acids is 2. The zero-order valence-corrected chi connectivity index (χ0v) is 9.22. The van der Waals surface area contributed by atoms with Crippen LogP contribution in [0.2, 0.25) is 0 Å². The highest BCUT2D eigenvalue weighted by Crippen LogP contribution is 2.68. The van der Waals surface area contributed by atoms with E-state index in [0.717, 1.165) is 12.8 Å². The first-order valence-corrected chi connectivity index (χ1v) is 5.45. The van der Waals surface area contributed by atoms with Gasteiger partial charge >= 0.3 is 0 Å². The van der Waals surface area contributed by atoms with E-state index in [1.54, 1.807) is 6.92 Å². The molecule has 14 heavy (non-hydrogen) atoms. The minimum atomic E-state index is -0.266. The number of Topliss-reactive ketones (excluding diaryl/α,β-unsaturated/α-hetero) is 2. The average molecular weight is 194 g/mol. The van der Waals surface area contributed by atoms with Crippen LogP contribution in [0.4, 0.5) is 0 Å². The van der Waals surface area contributed by atoms with Gasteiger partial charge in [-0.05, 0) is 31.1 Å². The summed E-state index contributed by atoms with van der Waals surface area (Å²) in [5, 5.41) is 0. The third-order valence-electron chi connectivity index (χ3n) is 4.80. The SMILES string of the molecule is CC(=O)C[C@@]12CCC(C)[C@]1(C)CC2=O. The van der Waals surface area contributed by atoms with Crippen molar-refractivity contribution in [2.24, 2.45) is 16.7 Å². The van der Waals surface area contributed by atoms with Gasteiger partial charge in [-0.15, -0.1) is 0 Å². The summed E-state index contributed by atoms with van der Waals surface area (Å²) in [6.45, 7) is 6.01. The van der Waals surface area contributed by atoms with Crippen molar-refractivity contribution in [2.45, 2.75) is 46.5 Å². The Morgan fingerprint density at radius 2 is 2.21 bits per heavy atom. The van der Waals surface area contributed by atoms with Crippen LogP contribution in [-0.2, 0) is 9.59 Å². The predicted octanol–water partition coefficient (Wildman–Crippen LogP) is 2.36. The molecule has 78 valence electrons. The van der Waals surface area contributed by atoms with Gasteiger partial charge in [-0.1, -0.05) is 13.8 Å². The molecule has 0 aromatic heterocycles. The summed E-state index contributed by atoms with van der Waals surface area (Å²) in [6.07, 6.45) is 3.21. The van der Waals surface area contributed by atoms with Crippen LogP contribution in [0.1, 0.15) is 46.5 Å². The number of fused-ring (bicyclic) bond motifs is 1. The molecule has 0 aromatic carbocycles. The molecule has 0 radical (unpaired) electrons. The smallest absolute Gasteiger partial charge is 0.140 e. The Hall–Kier alpha value is -0.660. The van der Waals surface area contributed by atoms with Crippen molar-refractivity contribution < 1.29 is 9.59 Å². The maximum atomic E-state index is 11.8. The molecule has 1 unspecified atom stereocenters. The fourth-order valence-corrected chi connectivity index (χ4v) is 3.55. The Kier molecular flexibility index (Phi) is 1.89. The molecule has 0 N–H and O–H groups in total. The largest absolute Gasteiger partial charge is 0.300 e. The van der Waals surface area contributed by atoms with Crippen LogP contribution in [0.3, 0.4) is 0 Å². The summed E-state index contributed by atoms with van der Waals surface area (Å²) in [4.78, 5) is 23.0. The first-order valence-electron chi connectivity index (χ1n) is 5.45. The zero-order valence-electron chi connectivity index (χ0n) is 9.22. The van der Waals surface area contributed by atoms with Gasteiger partial charge < -0.3 is 0 Å². The second-order valence-electron chi connectivity index (χ2n) is 5.42. The van der Waals surface area contributed by atoms with Gasteiger partial charge in [0.2, 0.25) is 0 Å². The van der Waals surface area contributed by atoms with Crippen LogP contribution < -0.4 is 0 Å². The lowest BCUT2D eigenvalue weighted by atomic mass is 9.47. The van der Waals surface area contributed by atoms with E-state index in [2.05, 4.69) is 13.8 Å². The molecule has 0 saturated heterocycles. The molecule has 0 bridgehead atoms. The van der Waals surface area contributed by atoms with Crippen LogP contribution in [0.5, 0.6) is 0 Å². The molecule has 2 rings (SSSR count). The van der Waals surface area contributed by atoms with E-state index in [0.29, 0.717) is 24.5 Å². The molecular formula is C12H18O2. The van der Waals surface area contributed by atoms with E-state index < -0.39 is 0 Å². The van der Waals surface area contributed by atoms with Crippen LogP contribution in [-0.4, -0.2) is 11.6 Å². The lowest BCUT2D eigenvalue weighted by Crippen LogP contribution is -2.57. The monoisotopic (exact) mass is 194 g/mol. The Morgan fingerprint density at radius 3 is 2.64 bits per heavy atom. The van der Waals surface area contributed by atoms with Crippen molar-refractivity contribution in [1.29, 1.82) is 0 Å². The number of hydrogen-bond donors (Lipinski definition) is 0. The number of rotatable bonds is 2. The quantitative estimate of drug-likeness (QED) is 0.676. The van der Waals surface area contributed by atoms with Crippen molar-refractivity contribution in [2.75, 3.05) is 0 Å². The van der Waals surface area contributed by atoms with Crippen molar-refractivity contribution in [3.63, 3.8) is 0 Å². The molecule has 2 heteroatoms. The van der Waals surface area contributed by atoms with Gasteiger partial charge in [-0.2, -0.15) is 0 Å². The van der Waals surface area contributed by atoms with E-state index in [4.69, 9.17) is 0 Å². The van der Waals surface area contributed by atoms with Gasteiger partial charge in [-0.25, -0.2) is 0 Å². The Bertz CT molecular complexity index is 307. The van der Waals surface area contributed by atoms with Crippen molar-refractivity contribution in [1.82, 2.24) is 0 Å². The van der Waals surface area contributed by atoms with Gasteiger partial charge in [0, 0.05) is 18.3 Å².